The van der Waals surface area contributed by atoms with E-state index in [2.05, 4.69) is 9.23 Å². The Balaban J connectivity index is 0. The summed E-state index contributed by atoms with van der Waals surface area (Å²) >= 11 is 0. The Hall–Kier alpha value is -0.660. The Morgan fingerprint density at radius 2 is 1.55 bits per heavy atom. The van der Waals surface area contributed by atoms with Gasteiger partial charge in [-0.05, 0) is 0 Å². The fourth-order valence-electron chi connectivity index (χ4n) is 0.989. The summed E-state index contributed by atoms with van der Waals surface area (Å²) in [6.07, 6.45) is -2.58. The van der Waals surface area contributed by atoms with Crippen LogP contribution >= 0.6 is 0 Å². The van der Waals surface area contributed by atoms with E-state index < -0.39 is 51.0 Å². The van der Waals surface area contributed by atoms with Crippen LogP contribution < -0.4 is 0 Å². The number of rotatable bonds is 8. The molecule has 6 N–H and O–H groups in total. The van der Waals surface area contributed by atoms with Gasteiger partial charge in [0.15, 0.2) is 5.60 Å². The molecule has 0 aromatic rings. The number of aliphatic hydroxyl groups is 1. The summed E-state index contributed by atoms with van der Waals surface area (Å²) in [7, 11) is -4.88. The van der Waals surface area contributed by atoms with Crippen LogP contribution in [0.1, 0.15) is 12.8 Å². The van der Waals surface area contributed by atoms with Crippen molar-refractivity contribution in [1.82, 2.24) is 0 Å². The molecule has 108 valence electrons. The Bertz CT molecular complexity index is 363. The average molecular weight is 304 g/mol. The molecular formula is C6H11B2NaO11. The van der Waals surface area contributed by atoms with Crippen LogP contribution in [0.25, 0.3) is 0 Å². The molecule has 0 aromatic heterocycles. The monoisotopic (exact) mass is 304 g/mol. The molecule has 1 unspecified atom stereocenters. The topological polar surface area (TPSA) is 191 Å². The van der Waals surface area contributed by atoms with Gasteiger partial charge in [0.2, 0.25) is 0 Å². The van der Waals surface area contributed by atoms with Gasteiger partial charge in [-0.2, -0.15) is 0 Å². The molecule has 1 atom stereocenters. The second-order valence-corrected chi connectivity index (χ2v) is 3.34. The third-order valence-corrected chi connectivity index (χ3v) is 1.75. The van der Waals surface area contributed by atoms with Gasteiger partial charge in [-0.3, -0.25) is 9.59 Å². The van der Waals surface area contributed by atoms with Gasteiger partial charge in [0.25, 0.3) is 5.97 Å². The zero-order valence-electron chi connectivity index (χ0n) is 9.29. The van der Waals surface area contributed by atoms with Crippen LogP contribution in [0.2, 0.25) is 0 Å². The van der Waals surface area contributed by atoms with Crippen LogP contribution in [0.3, 0.4) is 0 Å². The van der Waals surface area contributed by atoms with E-state index in [-0.39, 0.29) is 29.6 Å². The molecule has 0 heterocycles. The first kappa shape index (κ1) is 21.6. The van der Waals surface area contributed by atoms with Crippen LogP contribution in [-0.4, -0.2) is 98.1 Å². The third kappa shape index (κ3) is 8.50. The first-order valence-electron chi connectivity index (χ1n) is 4.63. The summed E-state index contributed by atoms with van der Waals surface area (Å²) < 4.78 is 7.70. The van der Waals surface area contributed by atoms with Crippen molar-refractivity contribution in [2.24, 2.45) is 0 Å². The molecule has 0 rings (SSSR count). The Morgan fingerprint density at radius 1 is 1.05 bits per heavy atom. The molecule has 0 aliphatic carbocycles. The summed E-state index contributed by atoms with van der Waals surface area (Å²) in [5, 5.41) is 51.7. The minimum absolute atomic E-state index is 0. The van der Waals surface area contributed by atoms with E-state index in [9.17, 15) is 19.5 Å². The van der Waals surface area contributed by atoms with Gasteiger partial charge in [-0.1, -0.05) is 0 Å². The van der Waals surface area contributed by atoms with Gasteiger partial charge in [-0.25, -0.2) is 4.79 Å². The number of carboxylic acids is 2. The van der Waals surface area contributed by atoms with E-state index in [0.29, 0.717) is 0 Å². The SMILES string of the molecule is O=C(O)CC(O)(CC(=O)OB(O)OB(O)O)C(=O)O.[NaH]. The summed E-state index contributed by atoms with van der Waals surface area (Å²) in [6.45, 7) is 0. The molecule has 0 bridgehead atoms. The van der Waals surface area contributed by atoms with Gasteiger partial charge >= 0.3 is 56.1 Å². The Morgan fingerprint density at radius 3 is 1.90 bits per heavy atom. The average Bonchev–Trinajstić information content (AvgIpc) is 2.12. The van der Waals surface area contributed by atoms with Crippen molar-refractivity contribution in [2.45, 2.75) is 18.4 Å². The molecule has 0 aliphatic rings. The fourth-order valence-corrected chi connectivity index (χ4v) is 0.989. The zero-order chi connectivity index (χ0) is 15.2. The van der Waals surface area contributed by atoms with Gasteiger partial charge in [0, 0.05) is 0 Å². The molecule has 20 heavy (non-hydrogen) atoms. The zero-order valence-corrected chi connectivity index (χ0v) is 9.29. The molecule has 0 saturated carbocycles. The number of hydrogen-bond donors (Lipinski definition) is 6. The molecule has 0 aromatic carbocycles. The second-order valence-electron chi connectivity index (χ2n) is 3.34. The molecule has 0 saturated heterocycles. The number of carbonyl (C=O) groups is 3. The predicted octanol–water partition coefficient (Wildman–Crippen LogP) is -4.48. The Labute approximate surface area is 134 Å². The van der Waals surface area contributed by atoms with E-state index in [1.165, 1.54) is 0 Å². The summed E-state index contributed by atoms with van der Waals surface area (Å²) in [5.41, 5.74) is -2.93. The van der Waals surface area contributed by atoms with Crippen molar-refractivity contribution in [3.63, 3.8) is 0 Å². The van der Waals surface area contributed by atoms with Crippen LogP contribution in [0.15, 0.2) is 0 Å². The molecule has 0 radical (unpaired) electrons. The van der Waals surface area contributed by atoms with Crippen molar-refractivity contribution in [1.29, 1.82) is 0 Å². The number of hydrogen-bond acceptors (Lipinski definition) is 9. The third-order valence-electron chi connectivity index (χ3n) is 1.75. The summed E-state index contributed by atoms with van der Waals surface area (Å²) in [4.78, 5) is 32.1. The van der Waals surface area contributed by atoms with Gasteiger partial charge in [-0.15, -0.1) is 0 Å². The molecule has 0 aliphatic heterocycles. The predicted molar refractivity (Wildman–Crippen MR) is 61.9 cm³/mol. The molecule has 0 amide bonds. The van der Waals surface area contributed by atoms with Crippen LogP contribution in [-0.2, 0) is 23.6 Å². The number of carbonyl (C=O) groups excluding carboxylic acids is 1. The van der Waals surface area contributed by atoms with Gasteiger partial charge < -0.3 is 39.6 Å². The molecule has 14 heteroatoms. The maximum absolute atomic E-state index is 11.1. The molecule has 0 fully saturated rings. The van der Waals surface area contributed by atoms with Gasteiger partial charge in [0.05, 0.1) is 12.8 Å². The van der Waals surface area contributed by atoms with E-state index in [0.717, 1.165) is 0 Å². The first-order chi connectivity index (χ1) is 8.56. The number of aliphatic carboxylic acids is 2. The maximum atomic E-state index is 11.1. The molecular weight excluding hydrogens is 293 g/mol. The van der Waals surface area contributed by atoms with E-state index in [1.54, 1.807) is 0 Å². The Kier molecular flexibility index (Phi) is 10.1. The summed E-state index contributed by atoms with van der Waals surface area (Å²) in [6, 6.07) is 0. The minimum atomic E-state index is -2.93. The quantitative estimate of drug-likeness (QED) is 0.237. The van der Waals surface area contributed by atoms with Crippen LogP contribution in [0.5, 0.6) is 0 Å². The van der Waals surface area contributed by atoms with E-state index in [4.69, 9.17) is 25.3 Å². The molecule has 11 nitrogen and oxygen atoms in total. The van der Waals surface area contributed by atoms with Crippen molar-refractivity contribution < 1.29 is 54.0 Å². The summed E-state index contributed by atoms with van der Waals surface area (Å²) in [5.74, 6) is -5.19. The van der Waals surface area contributed by atoms with Crippen molar-refractivity contribution in [3.8, 4) is 0 Å². The second kappa shape index (κ2) is 9.31. The van der Waals surface area contributed by atoms with E-state index in [1.807, 2.05) is 0 Å². The van der Waals surface area contributed by atoms with Crippen molar-refractivity contribution in [2.75, 3.05) is 0 Å². The number of carboxylic acid groups (broad SMARTS) is 2. The van der Waals surface area contributed by atoms with Crippen molar-refractivity contribution >= 4 is 62.1 Å². The van der Waals surface area contributed by atoms with Gasteiger partial charge in [0.1, 0.15) is 0 Å². The normalized spacial score (nSPS) is 12.6. The fraction of sp³-hybridized carbons (Fsp3) is 0.500. The van der Waals surface area contributed by atoms with Crippen LogP contribution in [0, 0.1) is 0 Å². The van der Waals surface area contributed by atoms with Crippen LogP contribution in [0.4, 0.5) is 0 Å². The molecule has 0 spiro atoms. The van der Waals surface area contributed by atoms with Crippen molar-refractivity contribution in [3.05, 3.63) is 0 Å². The first-order valence-corrected chi connectivity index (χ1v) is 4.63. The standard InChI is InChI=1S/C6H10B2O11.Na.H/c9-3(10)1-6(14,5(12)13)2-4(11)18-8(17)19-7(15)16;;/h14-17H,1-2H2,(H,9,10)(H,12,13);;. The van der Waals surface area contributed by atoms with E-state index >= 15 is 0 Å².